The number of phenols is 1. The van der Waals surface area contributed by atoms with E-state index >= 15 is 0 Å². The summed E-state index contributed by atoms with van der Waals surface area (Å²) in [5, 5.41) is 50.0. The fraction of sp³-hybridized carbons (Fsp3) is 0.348. The molecule has 0 radical (unpaired) electrons. The summed E-state index contributed by atoms with van der Waals surface area (Å²) in [4.78, 5) is 12.9. The largest absolute Gasteiger partial charge is 0.507 e. The van der Waals surface area contributed by atoms with Gasteiger partial charge in [-0.3, -0.25) is 4.79 Å². The highest BCUT2D eigenvalue weighted by molar-refractivity contribution is 5.92. The number of benzene rings is 2. The predicted molar refractivity (Wildman–Crippen MR) is 117 cm³/mol. The molecule has 1 aliphatic heterocycles. The summed E-state index contributed by atoms with van der Waals surface area (Å²) < 4.78 is 27.6. The molecule has 2 heterocycles. The van der Waals surface area contributed by atoms with Crippen LogP contribution in [0.2, 0.25) is 0 Å². The highest BCUT2D eigenvalue weighted by Crippen LogP contribution is 2.43. The molecule has 1 saturated heterocycles. The van der Waals surface area contributed by atoms with Crippen molar-refractivity contribution < 1.29 is 48.9 Å². The Bertz CT molecular complexity index is 1240. The molecule has 5 N–H and O–H groups in total. The van der Waals surface area contributed by atoms with Crippen LogP contribution in [0.15, 0.2) is 45.6 Å². The molecule has 2 aromatic carbocycles. The topological polar surface area (TPSA) is 168 Å². The summed E-state index contributed by atoms with van der Waals surface area (Å²) in [5.74, 6) is -0.189. The Kier molecular flexibility index (Phi) is 6.64. The number of aliphatic hydroxyl groups is 4. The SMILES string of the molecule is COc1ccccc1-c1cc(=O)c2c(O)cc(O[C@@H]3O[C@H](CO)[C@@H](O)[C@H](O)[C@H]3O)c(OC)c2o1. The fourth-order valence-corrected chi connectivity index (χ4v) is 3.82. The number of aliphatic hydroxyl groups excluding tert-OH is 4. The number of fused-ring (bicyclic) bond motifs is 1. The van der Waals surface area contributed by atoms with Gasteiger partial charge < -0.3 is 48.9 Å². The second kappa shape index (κ2) is 9.49. The van der Waals surface area contributed by atoms with E-state index in [9.17, 15) is 30.3 Å². The van der Waals surface area contributed by atoms with E-state index in [2.05, 4.69) is 0 Å². The minimum atomic E-state index is -1.70. The Hall–Kier alpha value is -3.35. The maximum atomic E-state index is 12.9. The molecule has 11 nitrogen and oxygen atoms in total. The lowest BCUT2D eigenvalue weighted by Crippen LogP contribution is -2.60. The van der Waals surface area contributed by atoms with Crippen molar-refractivity contribution in [2.45, 2.75) is 30.7 Å². The van der Waals surface area contributed by atoms with E-state index in [-0.39, 0.29) is 28.2 Å². The third kappa shape index (κ3) is 4.04. The number of para-hydroxylation sites is 1. The monoisotopic (exact) mass is 476 g/mol. The van der Waals surface area contributed by atoms with Gasteiger partial charge >= 0.3 is 0 Å². The van der Waals surface area contributed by atoms with Crippen molar-refractivity contribution in [3.8, 4) is 34.3 Å². The molecule has 1 fully saturated rings. The third-order valence-electron chi connectivity index (χ3n) is 5.57. The molecule has 0 amide bonds. The maximum absolute atomic E-state index is 12.9. The molecule has 1 aromatic heterocycles. The van der Waals surface area contributed by atoms with E-state index in [1.807, 2.05) is 0 Å². The van der Waals surface area contributed by atoms with E-state index in [4.69, 9.17) is 23.4 Å². The Morgan fingerprint density at radius 2 is 1.71 bits per heavy atom. The van der Waals surface area contributed by atoms with Gasteiger partial charge in [-0.15, -0.1) is 0 Å². The summed E-state index contributed by atoms with van der Waals surface area (Å²) >= 11 is 0. The third-order valence-corrected chi connectivity index (χ3v) is 5.57. The van der Waals surface area contributed by atoms with E-state index in [0.29, 0.717) is 11.3 Å². The van der Waals surface area contributed by atoms with Crippen LogP contribution in [0.4, 0.5) is 0 Å². The molecule has 182 valence electrons. The van der Waals surface area contributed by atoms with Gasteiger partial charge in [-0.05, 0) is 12.1 Å². The van der Waals surface area contributed by atoms with Gasteiger partial charge in [-0.1, -0.05) is 12.1 Å². The molecular formula is C23H24O11. The van der Waals surface area contributed by atoms with Crippen LogP contribution in [0.1, 0.15) is 0 Å². The Labute approximate surface area is 192 Å². The smallest absolute Gasteiger partial charge is 0.229 e. The number of rotatable bonds is 6. The van der Waals surface area contributed by atoms with Crippen molar-refractivity contribution in [2.24, 2.45) is 0 Å². The molecular weight excluding hydrogens is 452 g/mol. The summed E-state index contributed by atoms with van der Waals surface area (Å²) in [7, 11) is 2.75. The van der Waals surface area contributed by atoms with Crippen LogP contribution in [0.5, 0.6) is 23.0 Å². The van der Waals surface area contributed by atoms with Gasteiger partial charge in [0.15, 0.2) is 16.8 Å². The summed E-state index contributed by atoms with van der Waals surface area (Å²) in [6.07, 6.45) is -7.71. The summed E-state index contributed by atoms with van der Waals surface area (Å²) in [5.41, 5.74) is -0.223. The minimum Gasteiger partial charge on any atom is -0.507 e. The van der Waals surface area contributed by atoms with E-state index in [1.165, 1.54) is 20.3 Å². The normalized spacial score (nSPS) is 24.7. The highest BCUT2D eigenvalue weighted by Gasteiger charge is 2.45. The van der Waals surface area contributed by atoms with Gasteiger partial charge in [0.25, 0.3) is 0 Å². The van der Waals surface area contributed by atoms with Gasteiger partial charge in [-0.2, -0.15) is 0 Å². The van der Waals surface area contributed by atoms with Crippen molar-refractivity contribution in [3.63, 3.8) is 0 Å². The quantitative estimate of drug-likeness (QED) is 0.333. The number of methoxy groups -OCH3 is 2. The molecule has 1 aliphatic rings. The van der Waals surface area contributed by atoms with Crippen molar-refractivity contribution in [1.82, 2.24) is 0 Å². The average molecular weight is 476 g/mol. The zero-order valence-corrected chi connectivity index (χ0v) is 18.2. The second-order valence-corrected chi connectivity index (χ2v) is 7.62. The van der Waals surface area contributed by atoms with Crippen molar-refractivity contribution >= 4 is 11.0 Å². The summed E-state index contributed by atoms with van der Waals surface area (Å²) in [6, 6.07) is 9.13. The summed E-state index contributed by atoms with van der Waals surface area (Å²) in [6.45, 7) is -0.651. The van der Waals surface area contributed by atoms with Crippen LogP contribution >= 0.6 is 0 Å². The second-order valence-electron chi connectivity index (χ2n) is 7.62. The van der Waals surface area contributed by atoms with Crippen LogP contribution in [0.3, 0.4) is 0 Å². The van der Waals surface area contributed by atoms with Gasteiger partial charge in [0.2, 0.25) is 12.0 Å². The average Bonchev–Trinajstić information content (AvgIpc) is 2.84. The Balaban J connectivity index is 1.84. The van der Waals surface area contributed by atoms with Crippen molar-refractivity contribution in [3.05, 3.63) is 46.6 Å². The number of hydrogen-bond acceptors (Lipinski definition) is 11. The fourth-order valence-electron chi connectivity index (χ4n) is 3.82. The molecule has 3 aromatic rings. The molecule has 11 heteroatoms. The van der Waals surface area contributed by atoms with Crippen LogP contribution in [-0.4, -0.2) is 77.1 Å². The zero-order chi connectivity index (χ0) is 24.6. The van der Waals surface area contributed by atoms with E-state index in [1.54, 1.807) is 24.3 Å². The van der Waals surface area contributed by atoms with Gasteiger partial charge in [-0.25, -0.2) is 0 Å². The van der Waals surface area contributed by atoms with E-state index in [0.717, 1.165) is 6.07 Å². The lowest BCUT2D eigenvalue weighted by molar-refractivity contribution is -0.277. The van der Waals surface area contributed by atoms with Crippen LogP contribution in [0.25, 0.3) is 22.3 Å². The lowest BCUT2D eigenvalue weighted by Gasteiger charge is -2.39. The molecule has 5 atom stereocenters. The maximum Gasteiger partial charge on any atom is 0.229 e. The van der Waals surface area contributed by atoms with E-state index < -0.39 is 48.5 Å². The molecule has 0 spiro atoms. The zero-order valence-electron chi connectivity index (χ0n) is 18.2. The van der Waals surface area contributed by atoms with Gasteiger partial charge in [0.1, 0.15) is 47.1 Å². The van der Waals surface area contributed by atoms with Crippen LogP contribution in [-0.2, 0) is 4.74 Å². The number of hydrogen-bond donors (Lipinski definition) is 5. The van der Waals surface area contributed by atoms with Gasteiger partial charge in [0, 0.05) is 12.1 Å². The van der Waals surface area contributed by atoms with Crippen LogP contribution < -0.4 is 19.6 Å². The van der Waals surface area contributed by atoms with Crippen molar-refractivity contribution in [2.75, 3.05) is 20.8 Å². The van der Waals surface area contributed by atoms with Crippen molar-refractivity contribution in [1.29, 1.82) is 0 Å². The number of aromatic hydroxyl groups is 1. The first-order valence-electron chi connectivity index (χ1n) is 10.3. The molecule has 0 saturated carbocycles. The highest BCUT2D eigenvalue weighted by atomic mass is 16.7. The molecule has 0 aliphatic carbocycles. The van der Waals surface area contributed by atoms with Crippen LogP contribution in [0, 0.1) is 0 Å². The predicted octanol–water partition coefficient (Wildman–Crippen LogP) is 0.361. The first-order chi connectivity index (χ1) is 16.3. The van der Waals surface area contributed by atoms with Gasteiger partial charge in [0.05, 0.1) is 26.4 Å². The molecule has 0 bridgehead atoms. The molecule has 34 heavy (non-hydrogen) atoms. The standard InChI is InChI=1S/C23H24O11/c1-30-13-6-4-3-5-10(13)14-7-11(25)17-12(26)8-15(21(31-2)22(17)32-14)33-23-20(29)19(28)18(27)16(9-24)34-23/h3-8,16,18-20,23-24,26-29H,9H2,1-2H3/t16-,18-,19+,20-,23-/m1/s1. The lowest BCUT2D eigenvalue weighted by atomic mass is 9.99. The minimum absolute atomic E-state index is 0.0985. The molecule has 0 unspecified atom stereocenters. The Morgan fingerprint density at radius 3 is 2.38 bits per heavy atom. The Morgan fingerprint density at radius 1 is 0.971 bits per heavy atom. The number of ether oxygens (including phenoxy) is 4. The number of phenolic OH excluding ortho intramolecular Hbond substituents is 1. The molecule has 4 rings (SSSR count). The first kappa shape index (κ1) is 23.8. The first-order valence-corrected chi connectivity index (χ1v) is 10.3.